The van der Waals surface area contributed by atoms with Gasteiger partial charge in [0, 0.05) is 65.6 Å². The van der Waals surface area contributed by atoms with Gasteiger partial charge in [-0.3, -0.25) is 0 Å². The standard InChI is InChI=1S/C74H48B10N4/c1-73(2,3)37-17-15-19-39(33-37)85(49-25-11-9-23-45(49)59-61(75)65(79)69(83)66(80)62(59)76)53-31-29-41-47-35-56-48(36-55(47)87-51-27-13-7-21-43(51)57(53)71(41)87)42-30-32-54(58-44-22-8-14-28-52(44)88(56)72(42)58)86(40-20-16-18-38(34-40)74(4,5)6)50-26-12-10-24-46(50)60-63(77)67(81)70(84)68(82)64(60)78/h7-36H,1-6H3. The molecule has 0 unspecified atom stereocenters. The molecule has 14 heteroatoms. The van der Waals surface area contributed by atoms with E-state index in [1.807, 2.05) is 36.4 Å². The van der Waals surface area contributed by atoms with Crippen molar-refractivity contribution >= 4 is 243 Å². The zero-order valence-electron chi connectivity index (χ0n) is 49.9. The molecule has 0 amide bonds. The van der Waals surface area contributed by atoms with Gasteiger partial charge in [-0.25, -0.2) is 0 Å². The lowest BCUT2D eigenvalue weighted by Crippen LogP contribution is -2.55. The van der Waals surface area contributed by atoms with Crippen molar-refractivity contribution < 1.29 is 0 Å². The van der Waals surface area contributed by atoms with Crippen LogP contribution in [0.1, 0.15) is 52.7 Å². The van der Waals surface area contributed by atoms with Gasteiger partial charge in [-0.15, -0.1) is 32.8 Å². The third-order valence-corrected chi connectivity index (χ3v) is 18.4. The highest BCUT2D eigenvalue weighted by Gasteiger charge is 2.31. The highest BCUT2D eigenvalue weighted by atomic mass is 15.2. The lowest BCUT2D eigenvalue weighted by atomic mass is 9.59. The number of aromatic nitrogens is 2. The normalized spacial score (nSPS) is 12.4. The van der Waals surface area contributed by atoms with E-state index in [4.69, 9.17) is 78.5 Å². The summed E-state index contributed by atoms with van der Waals surface area (Å²) in [6, 6.07) is 65.0. The average molecular weight is 1100 g/mol. The summed E-state index contributed by atoms with van der Waals surface area (Å²) in [5.41, 5.74) is 18.7. The molecule has 15 rings (SSSR count). The van der Waals surface area contributed by atoms with Crippen LogP contribution in [0.3, 0.4) is 0 Å². The van der Waals surface area contributed by atoms with Gasteiger partial charge >= 0.3 is 0 Å². The number of rotatable bonds is 8. The predicted octanol–water partition coefficient (Wildman–Crippen LogP) is 8.79. The van der Waals surface area contributed by atoms with E-state index in [0.29, 0.717) is 11.1 Å². The van der Waals surface area contributed by atoms with E-state index in [1.54, 1.807) is 0 Å². The van der Waals surface area contributed by atoms with Crippen molar-refractivity contribution in [3.63, 3.8) is 0 Å². The predicted molar refractivity (Wildman–Crippen MR) is 387 cm³/mol. The highest BCUT2D eigenvalue weighted by Crippen LogP contribution is 2.53. The van der Waals surface area contributed by atoms with Crippen LogP contribution in [0.25, 0.3) is 98.4 Å². The maximum Gasteiger partial charge on any atom is 0.113 e. The zero-order chi connectivity index (χ0) is 61.3. The van der Waals surface area contributed by atoms with E-state index in [0.717, 1.165) is 121 Å². The van der Waals surface area contributed by atoms with Crippen LogP contribution in [0.15, 0.2) is 182 Å². The summed E-state index contributed by atoms with van der Waals surface area (Å²) < 4.78 is 4.91. The third kappa shape index (κ3) is 7.98. The van der Waals surface area contributed by atoms with Gasteiger partial charge < -0.3 is 18.6 Å². The number of nitrogens with zero attached hydrogens (tertiary/aromatic N) is 4. The van der Waals surface area contributed by atoms with Crippen LogP contribution in [-0.2, 0) is 10.8 Å². The number of benzene rings is 11. The molecule has 0 fully saturated rings. The van der Waals surface area contributed by atoms with Crippen LogP contribution < -0.4 is 64.4 Å². The van der Waals surface area contributed by atoms with Gasteiger partial charge in [0.1, 0.15) is 78.5 Å². The average Bonchev–Trinajstić information content (AvgIpc) is 1.52. The van der Waals surface area contributed by atoms with Gasteiger partial charge in [0.15, 0.2) is 0 Å². The Bertz CT molecular complexity index is 5060. The topological polar surface area (TPSA) is 15.3 Å². The van der Waals surface area contributed by atoms with Gasteiger partial charge in [0.2, 0.25) is 0 Å². The van der Waals surface area contributed by atoms with Crippen molar-refractivity contribution in [3.8, 4) is 22.3 Å². The SMILES string of the molecule is [B]c1c([B])c([B])c(-c2ccccc2N(c2cccc(C(C)(C)C)c2)c2ccc3c4cc5c(cc4n4c6ccccc6c2c34)c2ccc(N(c3cccc(C(C)(C)C)c3)c3ccccc3-c3c([B])c([B])c([B])c([B])c3[B])c3c4ccccc4n5c23)c([B])c1[B]. The Morgan fingerprint density at radius 2 is 0.625 bits per heavy atom. The van der Waals surface area contributed by atoms with Gasteiger partial charge in [-0.05, 0) is 106 Å². The number of hydrogen-bond donors (Lipinski definition) is 0. The lowest BCUT2D eigenvalue weighted by Gasteiger charge is -2.32. The van der Waals surface area contributed by atoms with E-state index >= 15 is 0 Å². The molecule has 0 saturated carbocycles. The molecule has 4 heterocycles. The van der Waals surface area contributed by atoms with E-state index in [9.17, 15) is 0 Å². The van der Waals surface area contributed by atoms with Crippen molar-refractivity contribution in [2.75, 3.05) is 9.80 Å². The van der Waals surface area contributed by atoms with Crippen LogP contribution in [0.4, 0.5) is 34.1 Å². The van der Waals surface area contributed by atoms with E-state index in [2.05, 4.69) is 206 Å². The van der Waals surface area contributed by atoms with Crippen LogP contribution in [0.2, 0.25) is 0 Å². The summed E-state index contributed by atoms with van der Waals surface area (Å²) in [6.07, 6.45) is 0. The maximum absolute atomic E-state index is 6.93. The van der Waals surface area contributed by atoms with Gasteiger partial charge in [0.25, 0.3) is 0 Å². The summed E-state index contributed by atoms with van der Waals surface area (Å²) in [4.78, 5) is 4.65. The summed E-state index contributed by atoms with van der Waals surface area (Å²) in [7, 11) is 67.0. The first-order chi connectivity index (χ1) is 42.1. The first-order valence-electron chi connectivity index (χ1n) is 29.5. The quantitative estimate of drug-likeness (QED) is 0.142. The van der Waals surface area contributed by atoms with Gasteiger partial charge in [-0.2, -0.15) is 0 Å². The second kappa shape index (κ2) is 19.9. The summed E-state index contributed by atoms with van der Waals surface area (Å²) in [5.74, 6) is 0. The van der Waals surface area contributed by atoms with Crippen molar-refractivity contribution in [2.24, 2.45) is 0 Å². The Kier molecular flexibility index (Phi) is 12.6. The molecule has 11 aromatic carbocycles. The Morgan fingerprint density at radius 1 is 0.284 bits per heavy atom. The number of hydrogen-bond acceptors (Lipinski definition) is 2. The number of para-hydroxylation sites is 4. The molecule has 20 radical (unpaired) electrons. The third-order valence-electron chi connectivity index (χ3n) is 18.4. The number of anilines is 6. The van der Waals surface area contributed by atoms with Gasteiger partial charge in [-0.1, -0.05) is 173 Å². The Balaban J connectivity index is 1.01. The molecule has 0 bridgehead atoms. The molecule has 0 N–H and O–H groups in total. The zero-order valence-corrected chi connectivity index (χ0v) is 49.9. The smallest absolute Gasteiger partial charge is 0.113 e. The second-order valence-corrected chi connectivity index (χ2v) is 25.5. The minimum atomic E-state index is -0.164. The highest BCUT2D eigenvalue weighted by molar-refractivity contribution is 6.70. The first-order valence-corrected chi connectivity index (χ1v) is 29.5. The monoisotopic (exact) mass is 1100 g/mol. The minimum Gasteiger partial charge on any atom is -0.309 e. The molecule has 0 aliphatic carbocycles. The molecule has 0 atom stereocenters. The molecule has 15 aromatic rings. The summed E-state index contributed by atoms with van der Waals surface area (Å²) >= 11 is 0. The Morgan fingerprint density at radius 3 is 1.00 bits per heavy atom. The fraction of sp³-hybridized carbons (Fsp3) is 0.108. The lowest BCUT2D eigenvalue weighted by molar-refractivity contribution is 0.590. The van der Waals surface area contributed by atoms with Crippen LogP contribution in [-0.4, -0.2) is 87.3 Å². The Labute approximate surface area is 526 Å². The van der Waals surface area contributed by atoms with Crippen molar-refractivity contribution in [3.05, 3.63) is 193 Å². The first kappa shape index (κ1) is 55.8. The van der Waals surface area contributed by atoms with Crippen LogP contribution in [0.5, 0.6) is 0 Å². The largest absolute Gasteiger partial charge is 0.309 e. The fourth-order valence-electron chi connectivity index (χ4n) is 13.9. The molecule has 4 aromatic heterocycles. The van der Waals surface area contributed by atoms with Crippen molar-refractivity contribution in [1.29, 1.82) is 0 Å². The summed E-state index contributed by atoms with van der Waals surface area (Å²) in [5, 5.41) is 8.84. The van der Waals surface area contributed by atoms with E-state index in [-0.39, 0.29) is 65.5 Å². The van der Waals surface area contributed by atoms with E-state index < -0.39 is 0 Å². The second-order valence-electron chi connectivity index (χ2n) is 25.5. The summed E-state index contributed by atoms with van der Waals surface area (Å²) in [6.45, 7) is 13.4. The van der Waals surface area contributed by atoms with Crippen LogP contribution in [0, 0.1) is 0 Å². The molecular weight excluding hydrogens is 1050 g/mol. The molecule has 394 valence electrons. The molecule has 0 aliphatic heterocycles. The fourth-order valence-corrected chi connectivity index (χ4v) is 13.9. The molecule has 0 spiro atoms. The number of fused-ring (bicyclic) bond motifs is 12. The maximum atomic E-state index is 6.93. The van der Waals surface area contributed by atoms with Crippen LogP contribution >= 0.6 is 0 Å². The van der Waals surface area contributed by atoms with E-state index in [1.165, 1.54) is 11.1 Å². The minimum absolute atomic E-state index is 0.162. The molecule has 0 saturated heterocycles. The molecule has 0 aliphatic rings. The molecule has 88 heavy (non-hydrogen) atoms. The Hall–Kier alpha value is -8.73. The van der Waals surface area contributed by atoms with Crippen molar-refractivity contribution in [2.45, 2.75) is 52.4 Å². The molecular formula is C74H48B10N4. The van der Waals surface area contributed by atoms with Gasteiger partial charge in [0.05, 0.1) is 55.8 Å². The molecule has 4 nitrogen and oxygen atoms in total. The van der Waals surface area contributed by atoms with Crippen molar-refractivity contribution in [1.82, 2.24) is 8.80 Å².